The summed E-state index contributed by atoms with van der Waals surface area (Å²) < 4.78 is 20.3. The summed E-state index contributed by atoms with van der Waals surface area (Å²) in [6, 6.07) is 3.48. The number of nitrogens with zero attached hydrogens (tertiary/aromatic N) is 3. The highest BCUT2D eigenvalue weighted by Gasteiger charge is 2.44. The van der Waals surface area contributed by atoms with Crippen molar-refractivity contribution in [2.75, 3.05) is 12.0 Å². The van der Waals surface area contributed by atoms with Crippen LogP contribution in [0, 0.1) is 9.39 Å². The first-order chi connectivity index (χ1) is 11.0. The van der Waals surface area contributed by atoms with Gasteiger partial charge in [-0.05, 0) is 60.4 Å². The lowest BCUT2D eigenvalue weighted by Gasteiger charge is -2.45. The molecule has 124 valence electrons. The molecule has 4 N–H and O–H groups in total. The van der Waals surface area contributed by atoms with Crippen LogP contribution in [-0.2, 0) is 0 Å². The van der Waals surface area contributed by atoms with Crippen molar-refractivity contribution in [3.63, 3.8) is 0 Å². The molecule has 0 atom stereocenters. The second-order valence-electron chi connectivity index (χ2n) is 5.73. The fraction of sp³-hybridized carbons (Fsp3) is 0.467. The van der Waals surface area contributed by atoms with Crippen molar-refractivity contribution in [2.45, 2.75) is 37.8 Å². The monoisotopic (exact) mass is 431 g/mol. The molecule has 8 heteroatoms. The first-order valence-corrected chi connectivity index (χ1v) is 8.58. The molecule has 1 aromatic carbocycles. The van der Waals surface area contributed by atoms with Gasteiger partial charge in [0.05, 0.1) is 16.4 Å². The molecule has 0 unspecified atom stereocenters. The summed E-state index contributed by atoms with van der Waals surface area (Å²) in [5, 5.41) is 0. The number of hydrogen-bond acceptors (Lipinski definition) is 6. The Morgan fingerprint density at radius 2 is 1.96 bits per heavy atom. The molecule has 1 spiro atoms. The second-order valence-corrected chi connectivity index (χ2v) is 6.89. The molecule has 0 radical (unpaired) electrons. The first-order valence-electron chi connectivity index (χ1n) is 7.50. The molecule has 0 amide bonds. The Hall–Kier alpha value is -1.58. The molecule has 1 aliphatic carbocycles. The van der Waals surface area contributed by atoms with Gasteiger partial charge in [0.25, 0.3) is 0 Å². The third-order valence-corrected chi connectivity index (χ3v) is 5.16. The average Bonchev–Trinajstić information content (AvgIpc) is 2.51. The minimum atomic E-state index is -0.610. The van der Waals surface area contributed by atoms with Crippen LogP contribution in [0.25, 0.3) is 0 Å². The number of rotatable bonds is 2. The van der Waals surface area contributed by atoms with Crippen LogP contribution in [-0.4, -0.2) is 24.7 Å². The van der Waals surface area contributed by atoms with Crippen LogP contribution < -0.4 is 21.1 Å². The van der Waals surface area contributed by atoms with Crippen LogP contribution in [0.4, 0.5) is 10.1 Å². The van der Waals surface area contributed by atoms with Gasteiger partial charge in [-0.25, -0.2) is 9.38 Å². The molecule has 1 aromatic rings. The molecule has 6 nitrogen and oxygen atoms in total. The van der Waals surface area contributed by atoms with Gasteiger partial charge >= 0.3 is 0 Å². The predicted molar refractivity (Wildman–Crippen MR) is 97.2 cm³/mol. The Labute approximate surface area is 147 Å². The number of halogens is 2. The summed E-state index contributed by atoms with van der Waals surface area (Å²) in [6.45, 7) is 0. The molecule has 0 saturated heterocycles. The highest BCUT2D eigenvalue weighted by Crippen LogP contribution is 2.43. The van der Waals surface area contributed by atoms with Crippen molar-refractivity contribution >= 4 is 40.2 Å². The van der Waals surface area contributed by atoms with E-state index in [2.05, 4.69) is 9.98 Å². The lowest BCUT2D eigenvalue weighted by Crippen LogP contribution is -2.58. The number of anilines is 1. The number of hydrogen-bond donors (Lipinski definition) is 2. The summed E-state index contributed by atoms with van der Waals surface area (Å²) in [6.07, 6.45) is 4.74. The fourth-order valence-electron chi connectivity index (χ4n) is 3.36. The average molecular weight is 431 g/mol. The zero-order valence-electron chi connectivity index (χ0n) is 12.9. The molecule has 0 aromatic heterocycles. The number of methoxy groups -OCH3 is 1. The van der Waals surface area contributed by atoms with E-state index < -0.39 is 11.5 Å². The quantitative estimate of drug-likeness (QED) is 0.705. The van der Waals surface area contributed by atoms with Crippen LogP contribution in [0.15, 0.2) is 22.1 Å². The summed E-state index contributed by atoms with van der Waals surface area (Å²) >= 11 is 1.93. The van der Waals surface area contributed by atoms with Gasteiger partial charge in [-0.3, -0.25) is 4.90 Å². The smallest absolute Gasteiger partial charge is 0.220 e. The van der Waals surface area contributed by atoms with Crippen molar-refractivity contribution in [2.24, 2.45) is 21.5 Å². The van der Waals surface area contributed by atoms with Gasteiger partial charge in [0.1, 0.15) is 5.66 Å². The minimum absolute atomic E-state index is 0.149. The Bertz CT molecular complexity index is 685. The van der Waals surface area contributed by atoms with Crippen molar-refractivity contribution < 1.29 is 9.13 Å². The highest BCUT2D eigenvalue weighted by molar-refractivity contribution is 14.1. The maximum absolute atomic E-state index is 14.5. The SMILES string of the molecule is COc1c(N2C(N)=NC(N)=NC23CCCCC3)ccc(I)c1F. The Morgan fingerprint density at radius 3 is 2.61 bits per heavy atom. The van der Waals surface area contributed by atoms with E-state index in [1.165, 1.54) is 7.11 Å². The van der Waals surface area contributed by atoms with E-state index in [1.807, 2.05) is 22.6 Å². The van der Waals surface area contributed by atoms with E-state index in [0.29, 0.717) is 9.26 Å². The van der Waals surface area contributed by atoms with Gasteiger partial charge in [-0.2, -0.15) is 4.99 Å². The zero-order valence-corrected chi connectivity index (χ0v) is 15.0. The van der Waals surface area contributed by atoms with E-state index in [-0.39, 0.29) is 17.7 Å². The van der Waals surface area contributed by atoms with E-state index in [0.717, 1.165) is 32.1 Å². The molecule has 1 fully saturated rings. The lowest BCUT2D eigenvalue weighted by atomic mass is 9.87. The minimum Gasteiger partial charge on any atom is -0.492 e. The van der Waals surface area contributed by atoms with E-state index in [4.69, 9.17) is 16.2 Å². The number of nitrogens with two attached hydrogens (primary N) is 2. The number of guanidine groups is 2. The van der Waals surface area contributed by atoms with Gasteiger partial charge in [-0.15, -0.1) is 0 Å². The third-order valence-electron chi connectivity index (χ3n) is 4.33. The normalized spacial score (nSPS) is 20.2. The molecular weight excluding hydrogens is 412 g/mol. The standard InChI is InChI=1S/C15H19FIN5O/c1-23-12-10(6-5-9(17)11(12)16)22-14(19)20-13(18)21-15(22)7-3-2-4-8-15/h5-6H,2-4,7-8H2,1H3,(H4,18,19,20,21). The van der Waals surface area contributed by atoms with Gasteiger partial charge in [-0.1, -0.05) is 6.42 Å². The van der Waals surface area contributed by atoms with Gasteiger partial charge in [0, 0.05) is 0 Å². The topological polar surface area (TPSA) is 89.2 Å². The van der Waals surface area contributed by atoms with Crippen molar-refractivity contribution in [3.05, 3.63) is 21.5 Å². The maximum atomic E-state index is 14.5. The van der Waals surface area contributed by atoms with E-state index in [9.17, 15) is 4.39 Å². The molecule has 1 heterocycles. The highest BCUT2D eigenvalue weighted by atomic mass is 127. The molecule has 2 aliphatic rings. The Balaban J connectivity index is 2.16. The molecule has 1 saturated carbocycles. The van der Waals surface area contributed by atoms with Crippen LogP contribution in [0.3, 0.4) is 0 Å². The van der Waals surface area contributed by atoms with E-state index >= 15 is 0 Å². The molecular formula is C15H19FIN5O. The van der Waals surface area contributed by atoms with Crippen LogP contribution >= 0.6 is 22.6 Å². The Morgan fingerprint density at radius 1 is 1.26 bits per heavy atom. The maximum Gasteiger partial charge on any atom is 0.220 e. The van der Waals surface area contributed by atoms with Gasteiger partial charge < -0.3 is 16.2 Å². The first kappa shape index (κ1) is 16.3. The van der Waals surface area contributed by atoms with Crippen LogP contribution in [0.5, 0.6) is 5.75 Å². The van der Waals surface area contributed by atoms with Crippen molar-refractivity contribution in [3.8, 4) is 5.75 Å². The summed E-state index contributed by atoms with van der Waals surface area (Å²) in [4.78, 5) is 10.4. The molecule has 23 heavy (non-hydrogen) atoms. The number of aliphatic imine (C=N–C) groups is 2. The summed E-state index contributed by atoms with van der Waals surface area (Å²) in [5.74, 6) is 0.131. The Kier molecular flexibility index (Phi) is 4.35. The third kappa shape index (κ3) is 2.73. The summed E-state index contributed by atoms with van der Waals surface area (Å²) in [5.41, 5.74) is 11.9. The largest absolute Gasteiger partial charge is 0.492 e. The van der Waals surface area contributed by atoms with Gasteiger partial charge in [0.2, 0.25) is 11.9 Å². The molecule has 0 bridgehead atoms. The van der Waals surface area contributed by atoms with Crippen molar-refractivity contribution in [1.82, 2.24) is 0 Å². The lowest BCUT2D eigenvalue weighted by molar-refractivity contribution is 0.301. The zero-order chi connectivity index (χ0) is 16.6. The fourth-order valence-corrected chi connectivity index (χ4v) is 3.79. The predicted octanol–water partition coefficient (Wildman–Crippen LogP) is 2.55. The van der Waals surface area contributed by atoms with Crippen molar-refractivity contribution in [1.29, 1.82) is 0 Å². The number of ether oxygens (including phenoxy) is 1. The van der Waals surface area contributed by atoms with Crippen LogP contribution in [0.2, 0.25) is 0 Å². The van der Waals surface area contributed by atoms with Gasteiger partial charge in [0.15, 0.2) is 11.6 Å². The molecule has 1 aliphatic heterocycles. The van der Waals surface area contributed by atoms with E-state index in [1.54, 1.807) is 17.0 Å². The van der Waals surface area contributed by atoms with Crippen LogP contribution in [0.1, 0.15) is 32.1 Å². The second kappa shape index (κ2) is 6.14. The summed E-state index contributed by atoms with van der Waals surface area (Å²) in [7, 11) is 1.44. The molecule has 3 rings (SSSR count). The number of benzene rings is 1.